The van der Waals surface area contributed by atoms with Gasteiger partial charge in [0.1, 0.15) is 0 Å². The highest BCUT2D eigenvalue weighted by Gasteiger charge is 2.29. The van der Waals surface area contributed by atoms with Crippen LogP contribution in [0.1, 0.15) is 27.2 Å². The Kier molecular flexibility index (Phi) is 6.03. The Bertz CT molecular complexity index is 448. The molecular weight excluding hydrogens is 296 g/mol. The summed E-state index contributed by atoms with van der Waals surface area (Å²) in [5.74, 6) is 1.61. The molecule has 2 atom stereocenters. The van der Waals surface area contributed by atoms with Crippen molar-refractivity contribution in [3.05, 3.63) is 12.2 Å². The van der Waals surface area contributed by atoms with Crippen molar-refractivity contribution in [3.8, 4) is 0 Å². The first-order valence-electron chi connectivity index (χ1n) is 8.15. The lowest BCUT2D eigenvalue weighted by molar-refractivity contribution is 0.259. The fourth-order valence-corrected chi connectivity index (χ4v) is 3.82. The third-order valence-electron chi connectivity index (χ3n) is 4.29. The Balaban J connectivity index is 1.77. The second-order valence-electron chi connectivity index (χ2n) is 6.95. The van der Waals surface area contributed by atoms with E-state index in [1.54, 1.807) is 0 Å². The highest BCUT2D eigenvalue weighted by molar-refractivity contribution is 7.86. The molecule has 126 valence electrons. The largest absolute Gasteiger partial charge is 0.355 e. The smallest absolute Gasteiger partial charge is 0.193 e. The lowest BCUT2D eigenvalue weighted by atomic mass is 10.2. The predicted molar refractivity (Wildman–Crippen MR) is 94.8 cm³/mol. The van der Waals surface area contributed by atoms with Gasteiger partial charge in [0.25, 0.3) is 0 Å². The van der Waals surface area contributed by atoms with E-state index in [1.165, 1.54) is 6.42 Å². The summed E-state index contributed by atoms with van der Waals surface area (Å²) in [6, 6.07) is 0.622. The standard InChI is InChI=1S/C16H30N4OS/c1-16(2,3)22(21)12-8-18-15(17-4)20-11-7-14(13-20)19-9-5-6-10-19/h5-6,14H,7-13H2,1-4H3,(H,17,18). The molecule has 2 rings (SSSR count). The minimum absolute atomic E-state index is 0.146. The van der Waals surface area contributed by atoms with Crippen LogP contribution < -0.4 is 5.32 Å². The molecule has 0 saturated carbocycles. The zero-order valence-corrected chi connectivity index (χ0v) is 15.2. The van der Waals surface area contributed by atoms with Gasteiger partial charge >= 0.3 is 0 Å². The molecule has 1 N–H and O–H groups in total. The Morgan fingerprint density at radius 3 is 2.64 bits per heavy atom. The van der Waals surface area contributed by atoms with Crippen LogP contribution in [-0.2, 0) is 10.8 Å². The molecule has 0 aromatic carbocycles. The van der Waals surface area contributed by atoms with E-state index in [1.807, 2.05) is 27.8 Å². The molecule has 2 aliphatic rings. The summed E-state index contributed by atoms with van der Waals surface area (Å²) in [7, 11) is 1.01. The molecule has 22 heavy (non-hydrogen) atoms. The van der Waals surface area contributed by atoms with Crippen molar-refractivity contribution >= 4 is 16.8 Å². The number of hydrogen-bond acceptors (Lipinski definition) is 3. The molecule has 1 fully saturated rings. The number of guanidine groups is 1. The summed E-state index contributed by atoms with van der Waals surface area (Å²) in [5.41, 5.74) is 0. The zero-order valence-electron chi connectivity index (χ0n) is 14.3. The van der Waals surface area contributed by atoms with Crippen molar-refractivity contribution in [2.24, 2.45) is 4.99 Å². The average molecular weight is 327 g/mol. The van der Waals surface area contributed by atoms with E-state index in [2.05, 4.69) is 32.3 Å². The molecule has 2 unspecified atom stereocenters. The first-order valence-corrected chi connectivity index (χ1v) is 9.47. The second-order valence-corrected chi connectivity index (χ2v) is 9.27. The average Bonchev–Trinajstić information content (AvgIpc) is 3.12. The fourth-order valence-electron chi connectivity index (χ4n) is 2.92. The number of rotatable bonds is 4. The third-order valence-corrected chi connectivity index (χ3v) is 6.23. The van der Waals surface area contributed by atoms with Crippen LogP contribution in [0.15, 0.2) is 17.1 Å². The summed E-state index contributed by atoms with van der Waals surface area (Å²) in [4.78, 5) is 9.23. The van der Waals surface area contributed by atoms with E-state index in [9.17, 15) is 4.21 Å². The first kappa shape index (κ1) is 17.5. The van der Waals surface area contributed by atoms with E-state index >= 15 is 0 Å². The van der Waals surface area contributed by atoms with E-state index < -0.39 is 10.8 Å². The van der Waals surface area contributed by atoms with Crippen LogP contribution in [0.25, 0.3) is 0 Å². The SMILES string of the molecule is CN=C(NCCS(=O)C(C)(C)C)N1CCC(N2CC=CC2)C1. The second kappa shape index (κ2) is 7.59. The minimum Gasteiger partial charge on any atom is -0.355 e. The predicted octanol–water partition coefficient (Wildman–Crippen LogP) is 1.06. The van der Waals surface area contributed by atoms with Crippen molar-refractivity contribution < 1.29 is 4.21 Å². The van der Waals surface area contributed by atoms with Gasteiger partial charge in [-0.1, -0.05) is 12.2 Å². The molecule has 2 aliphatic heterocycles. The summed E-state index contributed by atoms with van der Waals surface area (Å²) in [6.45, 7) is 11.0. The molecule has 0 aromatic rings. The molecule has 0 aromatic heterocycles. The summed E-state index contributed by atoms with van der Waals surface area (Å²) in [6.07, 6.45) is 5.69. The van der Waals surface area contributed by atoms with Gasteiger partial charge in [-0.3, -0.25) is 14.1 Å². The van der Waals surface area contributed by atoms with E-state index in [4.69, 9.17) is 0 Å². The van der Waals surface area contributed by atoms with Crippen LogP contribution in [0.4, 0.5) is 0 Å². The quantitative estimate of drug-likeness (QED) is 0.477. The molecule has 0 aliphatic carbocycles. The van der Waals surface area contributed by atoms with Crippen molar-refractivity contribution in [2.45, 2.75) is 38.0 Å². The van der Waals surface area contributed by atoms with Crippen molar-refractivity contribution in [1.82, 2.24) is 15.1 Å². The van der Waals surface area contributed by atoms with Crippen LogP contribution in [-0.4, -0.2) is 76.3 Å². The Labute approximate surface area is 137 Å². The Morgan fingerprint density at radius 1 is 1.36 bits per heavy atom. The molecule has 0 radical (unpaired) electrons. The molecule has 0 spiro atoms. The maximum atomic E-state index is 12.1. The number of nitrogens with zero attached hydrogens (tertiary/aromatic N) is 3. The van der Waals surface area contributed by atoms with E-state index in [0.29, 0.717) is 18.3 Å². The number of likely N-dealkylation sites (tertiary alicyclic amines) is 1. The molecule has 1 saturated heterocycles. The normalized spacial score (nSPS) is 25.0. The summed E-state index contributed by atoms with van der Waals surface area (Å²) < 4.78 is 11.9. The Hall–Kier alpha value is -0.880. The maximum absolute atomic E-state index is 12.1. The molecule has 2 heterocycles. The van der Waals surface area contributed by atoms with Gasteiger partial charge in [0.15, 0.2) is 5.96 Å². The highest BCUT2D eigenvalue weighted by Crippen LogP contribution is 2.18. The molecular formula is C16H30N4OS. The molecule has 6 heteroatoms. The number of hydrogen-bond donors (Lipinski definition) is 1. The topological polar surface area (TPSA) is 47.9 Å². The maximum Gasteiger partial charge on any atom is 0.193 e. The minimum atomic E-state index is -0.819. The molecule has 0 amide bonds. The lowest BCUT2D eigenvalue weighted by Crippen LogP contribution is -2.44. The van der Waals surface area contributed by atoms with E-state index in [0.717, 1.165) is 32.1 Å². The van der Waals surface area contributed by atoms with Gasteiger partial charge in [-0.15, -0.1) is 0 Å². The Morgan fingerprint density at radius 2 is 2.05 bits per heavy atom. The van der Waals surface area contributed by atoms with Crippen LogP contribution in [0.2, 0.25) is 0 Å². The van der Waals surface area contributed by atoms with Crippen molar-refractivity contribution in [2.75, 3.05) is 45.5 Å². The van der Waals surface area contributed by atoms with Gasteiger partial charge in [0, 0.05) is 67.1 Å². The van der Waals surface area contributed by atoms with Crippen LogP contribution in [0, 0.1) is 0 Å². The van der Waals surface area contributed by atoms with Crippen molar-refractivity contribution in [3.63, 3.8) is 0 Å². The first-order chi connectivity index (χ1) is 10.4. The van der Waals surface area contributed by atoms with Gasteiger partial charge in [0.05, 0.1) is 0 Å². The van der Waals surface area contributed by atoms with Gasteiger partial charge in [-0.05, 0) is 27.2 Å². The fraction of sp³-hybridized carbons (Fsp3) is 0.812. The van der Waals surface area contributed by atoms with Gasteiger partial charge in [0.2, 0.25) is 0 Å². The monoisotopic (exact) mass is 326 g/mol. The van der Waals surface area contributed by atoms with Crippen LogP contribution >= 0.6 is 0 Å². The number of nitrogens with one attached hydrogen (secondary N) is 1. The molecule has 0 bridgehead atoms. The van der Waals surface area contributed by atoms with Gasteiger partial charge in [-0.25, -0.2) is 0 Å². The van der Waals surface area contributed by atoms with E-state index in [-0.39, 0.29) is 4.75 Å². The summed E-state index contributed by atoms with van der Waals surface area (Å²) in [5, 5.41) is 3.37. The van der Waals surface area contributed by atoms with Crippen LogP contribution in [0.3, 0.4) is 0 Å². The van der Waals surface area contributed by atoms with Gasteiger partial charge in [-0.2, -0.15) is 0 Å². The summed E-state index contributed by atoms with van der Waals surface area (Å²) >= 11 is 0. The zero-order chi connectivity index (χ0) is 16.2. The highest BCUT2D eigenvalue weighted by atomic mass is 32.2. The van der Waals surface area contributed by atoms with Crippen LogP contribution in [0.5, 0.6) is 0 Å². The van der Waals surface area contributed by atoms with Crippen molar-refractivity contribution in [1.29, 1.82) is 0 Å². The lowest BCUT2D eigenvalue weighted by Gasteiger charge is -2.25. The third kappa shape index (κ3) is 4.56. The van der Waals surface area contributed by atoms with Gasteiger partial charge < -0.3 is 10.2 Å². The molecule has 5 nitrogen and oxygen atoms in total. The number of aliphatic imine (C=N–C) groups is 1.